The first-order valence-electron chi connectivity index (χ1n) is 7.26. The van der Waals surface area contributed by atoms with E-state index in [2.05, 4.69) is 14.9 Å². The second kappa shape index (κ2) is 7.02. The molecular weight excluding hydrogens is 316 g/mol. The number of carbonyl (C=O) groups excluding carboxylic acids is 1. The molecule has 1 aliphatic rings. The van der Waals surface area contributed by atoms with Gasteiger partial charge in [-0.15, -0.1) is 22.7 Å². The monoisotopic (exact) mass is 334 g/mol. The summed E-state index contributed by atoms with van der Waals surface area (Å²) < 4.78 is 0. The Hall–Kier alpha value is -1.73. The lowest BCUT2D eigenvalue weighted by atomic mass is 10.3. The van der Waals surface area contributed by atoms with Gasteiger partial charge in [0.2, 0.25) is 5.91 Å². The molecule has 0 aliphatic carbocycles. The molecule has 0 spiro atoms. The lowest BCUT2D eigenvalue weighted by Gasteiger charge is -2.20. The molecule has 22 heavy (non-hydrogen) atoms. The van der Waals surface area contributed by atoms with E-state index in [9.17, 15) is 4.79 Å². The molecular formula is C15H18N4OS2. The number of rotatable bonds is 3. The van der Waals surface area contributed by atoms with Crippen molar-refractivity contribution in [1.82, 2.24) is 14.9 Å². The van der Waals surface area contributed by atoms with Gasteiger partial charge in [0.25, 0.3) is 0 Å². The number of amides is 1. The summed E-state index contributed by atoms with van der Waals surface area (Å²) in [6.45, 7) is 5.28. The second-order valence-corrected chi connectivity index (χ2v) is 7.04. The van der Waals surface area contributed by atoms with E-state index < -0.39 is 0 Å². The minimum Gasteiger partial charge on any atom is -0.346 e. The molecule has 0 unspecified atom stereocenters. The van der Waals surface area contributed by atoms with Crippen LogP contribution in [0.3, 0.4) is 0 Å². The second-order valence-electron chi connectivity index (χ2n) is 5.11. The SMILES string of the molecule is Cc1nc(C=CC(=O)N2CCCN(c3nccs3)CC2)cs1. The highest BCUT2D eigenvalue weighted by molar-refractivity contribution is 7.13. The number of carbonyl (C=O) groups is 1. The summed E-state index contributed by atoms with van der Waals surface area (Å²) in [6, 6.07) is 0. The third-order valence-corrected chi connectivity index (χ3v) is 5.15. The summed E-state index contributed by atoms with van der Waals surface area (Å²) in [7, 11) is 0. The third-order valence-electron chi connectivity index (χ3n) is 3.53. The van der Waals surface area contributed by atoms with E-state index in [4.69, 9.17) is 0 Å². The van der Waals surface area contributed by atoms with E-state index in [0.29, 0.717) is 0 Å². The summed E-state index contributed by atoms with van der Waals surface area (Å²) >= 11 is 3.24. The fourth-order valence-corrected chi connectivity index (χ4v) is 3.70. The summed E-state index contributed by atoms with van der Waals surface area (Å²) in [4.78, 5) is 25.2. The van der Waals surface area contributed by atoms with E-state index in [0.717, 1.165) is 48.4 Å². The molecule has 116 valence electrons. The van der Waals surface area contributed by atoms with Gasteiger partial charge >= 0.3 is 0 Å². The number of nitrogens with zero attached hydrogens (tertiary/aromatic N) is 4. The summed E-state index contributed by atoms with van der Waals surface area (Å²) in [5.41, 5.74) is 0.857. The summed E-state index contributed by atoms with van der Waals surface area (Å²) in [5, 5.41) is 6.01. The van der Waals surface area contributed by atoms with Gasteiger partial charge < -0.3 is 9.80 Å². The van der Waals surface area contributed by atoms with Crippen LogP contribution in [0, 0.1) is 6.92 Å². The molecule has 0 N–H and O–H groups in total. The van der Waals surface area contributed by atoms with Crippen molar-refractivity contribution in [2.24, 2.45) is 0 Å². The summed E-state index contributed by atoms with van der Waals surface area (Å²) in [6.07, 6.45) is 6.23. The van der Waals surface area contributed by atoms with E-state index in [-0.39, 0.29) is 5.91 Å². The van der Waals surface area contributed by atoms with Crippen LogP contribution in [0.4, 0.5) is 5.13 Å². The van der Waals surface area contributed by atoms with Crippen LogP contribution in [0.5, 0.6) is 0 Å². The minimum absolute atomic E-state index is 0.0617. The van der Waals surface area contributed by atoms with Gasteiger partial charge in [-0.25, -0.2) is 9.97 Å². The predicted octanol–water partition coefficient (Wildman–Crippen LogP) is 2.66. The summed E-state index contributed by atoms with van der Waals surface area (Å²) in [5.74, 6) is 0.0617. The van der Waals surface area contributed by atoms with Gasteiger partial charge in [-0.1, -0.05) is 0 Å². The molecule has 1 fully saturated rings. The molecule has 3 heterocycles. The molecule has 5 nitrogen and oxygen atoms in total. The molecule has 0 saturated carbocycles. The van der Waals surface area contributed by atoms with Crippen LogP contribution in [-0.4, -0.2) is 47.0 Å². The van der Waals surface area contributed by atoms with Gasteiger partial charge in [-0.2, -0.15) is 0 Å². The van der Waals surface area contributed by atoms with Crippen LogP contribution in [-0.2, 0) is 4.79 Å². The Morgan fingerprint density at radius 1 is 1.27 bits per heavy atom. The van der Waals surface area contributed by atoms with Crippen molar-refractivity contribution in [2.45, 2.75) is 13.3 Å². The Morgan fingerprint density at radius 3 is 2.91 bits per heavy atom. The maximum Gasteiger partial charge on any atom is 0.246 e. The van der Waals surface area contributed by atoms with Crippen molar-refractivity contribution >= 4 is 39.8 Å². The molecule has 0 aromatic carbocycles. The van der Waals surface area contributed by atoms with Crippen molar-refractivity contribution in [3.8, 4) is 0 Å². The normalized spacial score (nSPS) is 16.2. The maximum absolute atomic E-state index is 12.3. The zero-order chi connectivity index (χ0) is 15.4. The van der Waals surface area contributed by atoms with Crippen LogP contribution in [0.2, 0.25) is 0 Å². The highest BCUT2D eigenvalue weighted by Crippen LogP contribution is 2.19. The number of hydrogen-bond donors (Lipinski definition) is 0. The molecule has 1 aliphatic heterocycles. The predicted molar refractivity (Wildman–Crippen MR) is 91.4 cm³/mol. The van der Waals surface area contributed by atoms with Gasteiger partial charge in [-0.05, 0) is 19.4 Å². The van der Waals surface area contributed by atoms with Crippen LogP contribution in [0.25, 0.3) is 6.08 Å². The van der Waals surface area contributed by atoms with Gasteiger partial charge in [0.05, 0.1) is 10.7 Å². The van der Waals surface area contributed by atoms with Crippen molar-refractivity contribution in [1.29, 1.82) is 0 Å². The molecule has 1 saturated heterocycles. The molecule has 0 bridgehead atoms. The van der Waals surface area contributed by atoms with E-state index in [1.165, 1.54) is 0 Å². The minimum atomic E-state index is 0.0617. The van der Waals surface area contributed by atoms with E-state index >= 15 is 0 Å². The molecule has 0 radical (unpaired) electrons. The molecule has 0 atom stereocenters. The molecule has 7 heteroatoms. The van der Waals surface area contributed by atoms with Crippen LogP contribution in [0.15, 0.2) is 23.0 Å². The first kappa shape index (κ1) is 15.2. The smallest absolute Gasteiger partial charge is 0.246 e. The largest absolute Gasteiger partial charge is 0.346 e. The Balaban J connectivity index is 1.58. The molecule has 3 rings (SSSR count). The maximum atomic E-state index is 12.3. The first-order valence-corrected chi connectivity index (χ1v) is 9.02. The van der Waals surface area contributed by atoms with Crippen LogP contribution < -0.4 is 4.90 Å². The van der Waals surface area contributed by atoms with Crippen molar-refractivity contribution in [2.75, 3.05) is 31.1 Å². The van der Waals surface area contributed by atoms with Crippen molar-refractivity contribution < 1.29 is 4.79 Å². The highest BCUT2D eigenvalue weighted by Gasteiger charge is 2.18. The average Bonchev–Trinajstić information content (AvgIpc) is 3.12. The quantitative estimate of drug-likeness (QED) is 0.810. The zero-order valence-electron chi connectivity index (χ0n) is 12.4. The van der Waals surface area contributed by atoms with Crippen LogP contribution in [0.1, 0.15) is 17.1 Å². The van der Waals surface area contributed by atoms with Gasteiger partial charge in [0.1, 0.15) is 0 Å². The topological polar surface area (TPSA) is 49.3 Å². The Morgan fingerprint density at radius 2 is 2.18 bits per heavy atom. The molecule has 2 aromatic rings. The number of aromatic nitrogens is 2. The fraction of sp³-hybridized carbons (Fsp3) is 0.400. The zero-order valence-corrected chi connectivity index (χ0v) is 14.1. The molecule has 1 amide bonds. The lowest BCUT2D eigenvalue weighted by Crippen LogP contribution is -2.34. The van der Waals surface area contributed by atoms with Crippen LogP contribution >= 0.6 is 22.7 Å². The fourth-order valence-electron chi connectivity index (χ4n) is 2.42. The highest BCUT2D eigenvalue weighted by atomic mass is 32.1. The Kier molecular flexibility index (Phi) is 4.84. The standard InChI is InChI=1S/C15H18N4OS2/c1-12-17-13(11-22-12)3-4-14(20)18-6-2-7-19(9-8-18)15-16-5-10-21-15/h3-5,10-11H,2,6-9H2,1H3. The number of anilines is 1. The van der Waals surface area contributed by atoms with E-state index in [1.54, 1.807) is 34.8 Å². The Labute approximate surface area is 137 Å². The van der Waals surface area contributed by atoms with Gasteiger partial charge in [0, 0.05) is 49.2 Å². The number of thiazole rings is 2. The van der Waals surface area contributed by atoms with Gasteiger partial charge in [0.15, 0.2) is 5.13 Å². The van der Waals surface area contributed by atoms with Crippen molar-refractivity contribution in [3.63, 3.8) is 0 Å². The lowest BCUT2D eigenvalue weighted by molar-refractivity contribution is -0.125. The van der Waals surface area contributed by atoms with Crippen molar-refractivity contribution in [3.05, 3.63) is 33.7 Å². The Bertz CT molecular complexity index is 650. The van der Waals surface area contributed by atoms with Gasteiger partial charge in [-0.3, -0.25) is 4.79 Å². The average molecular weight is 334 g/mol. The first-order chi connectivity index (χ1) is 10.7. The number of aryl methyl sites for hydroxylation is 1. The molecule has 2 aromatic heterocycles. The third kappa shape index (κ3) is 3.72. The number of hydrogen-bond acceptors (Lipinski definition) is 6. The van der Waals surface area contributed by atoms with E-state index in [1.807, 2.05) is 28.8 Å².